The van der Waals surface area contributed by atoms with Gasteiger partial charge in [0, 0.05) is 5.02 Å². The number of carboxylic acid groups (broad SMARTS) is 1. The van der Waals surface area contributed by atoms with Gasteiger partial charge in [0.1, 0.15) is 12.2 Å². The lowest BCUT2D eigenvalue weighted by Crippen LogP contribution is -2.13. The summed E-state index contributed by atoms with van der Waals surface area (Å²) in [7, 11) is 0. The average molecular weight is 307 g/mol. The van der Waals surface area contributed by atoms with Crippen LogP contribution in [-0.2, 0) is 9.59 Å². The number of hydrogen-bond donors (Lipinski definition) is 1. The van der Waals surface area contributed by atoms with Crippen LogP contribution in [0, 0.1) is 0 Å². The van der Waals surface area contributed by atoms with Crippen LogP contribution < -0.4 is 4.74 Å². The van der Waals surface area contributed by atoms with Crippen molar-refractivity contribution in [3.8, 4) is 5.75 Å². The van der Waals surface area contributed by atoms with E-state index in [1.165, 1.54) is 31.0 Å². The maximum absolute atomic E-state index is 11.0. The number of carboxylic acids is 1. The fourth-order valence-electron chi connectivity index (χ4n) is 0.840. The van der Waals surface area contributed by atoms with E-state index in [4.69, 9.17) is 33.0 Å². The van der Waals surface area contributed by atoms with E-state index in [0.717, 1.165) is 0 Å². The van der Waals surface area contributed by atoms with Gasteiger partial charge in [0.2, 0.25) is 0 Å². The van der Waals surface area contributed by atoms with Crippen molar-refractivity contribution in [1.29, 1.82) is 0 Å². The minimum absolute atomic E-state index is 0.0901. The Morgan fingerprint density at radius 2 is 1.79 bits per heavy atom. The minimum Gasteiger partial charge on any atom is -0.481 e. The Hall–Kier alpha value is -1.26. The summed E-state index contributed by atoms with van der Waals surface area (Å²) in [5, 5.41) is 8.88. The largest absolute Gasteiger partial charge is 0.481 e. The monoisotopic (exact) mass is 306 g/mol. The molecule has 106 valence electrons. The van der Waals surface area contributed by atoms with E-state index in [2.05, 4.69) is 13.8 Å². The standard InChI is InChI=1S/C9H6Cl2O4.C4H10/c10-5-1-2-7(6(11)3-5)15-9(14)4-8(12)13;1-3-4-2/h1-3H,4H2,(H,12,13);3-4H2,1-2H3. The van der Waals surface area contributed by atoms with Gasteiger partial charge in [-0.15, -0.1) is 0 Å². The van der Waals surface area contributed by atoms with Crippen LogP contribution in [0.3, 0.4) is 0 Å². The summed E-state index contributed by atoms with van der Waals surface area (Å²) in [6.45, 7) is 4.36. The van der Waals surface area contributed by atoms with Gasteiger partial charge in [0.05, 0.1) is 5.02 Å². The highest BCUT2D eigenvalue weighted by atomic mass is 35.5. The third-order valence-corrected chi connectivity index (χ3v) is 2.44. The molecule has 0 amide bonds. The van der Waals surface area contributed by atoms with Crippen molar-refractivity contribution in [3.05, 3.63) is 28.2 Å². The van der Waals surface area contributed by atoms with Crippen LogP contribution in [0.25, 0.3) is 0 Å². The molecule has 0 aliphatic heterocycles. The number of halogens is 2. The Balaban J connectivity index is 0.000000711. The Bertz CT molecular complexity index is 431. The van der Waals surface area contributed by atoms with Gasteiger partial charge in [-0.25, -0.2) is 0 Å². The summed E-state index contributed by atoms with van der Waals surface area (Å²) >= 11 is 11.3. The SMILES string of the molecule is CCCC.O=C(O)CC(=O)Oc1ccc(Cl)cc1Cl. The summed E-state index contributed by atoms with van der Waals surface area (Å²) < 4.78 is 4.70. The highest BCUT2D eigenvalue weighted by Crippen LogP contribution is 2.27. The van der Waals surface area contributed by atoms with Crippen LogP contribution in [0.1, 0.15) is 33.1 Å². The molecule has 19 heavy (non-hydrogen) atoms. The Morgan fingerprint density at radius 1 is 1.21 bits per heavy atom. The molecule has 4 nitrogen and oxygen atoms in total. The molecule has 0 radical (unpaired) electrons. The van der Waals surface area contributed by atoms with Crippen molar-refractivity contribution < 1.29 is 19.4 Å². The van der Waals surface area contributed by atoms with Crippen LogP contribution >= 0.6 is 23.2 Å². The van der Waals surface area contributed by atoms with E-state index in [-0.39, 0.29) is 10.8 Å². The first kappa shape index (κ1) is 17.7. The summed E-state index contributed by atoms with van der Waals surface area (Å²) in [4.78, 5) is 21.1. The zero-order chi connectivity index (χ0) is 14.8. The number of aliphatic carboxylic acids is 1. The molecule has 1 N–H and O–H groups in total. The van der Waals surface area contributed by atoms with Gasteiger partial charge in [-0.2, -0.15) is 0 Å². The zero-order valence-corrected chi connectivity index (χ0v) is 12.3. The van der Waals surface area contributed by atoms with E-state index in [0.29, 0.717) is 5.02 Å². The molecule has 0 atom stereocenters. The average Bonchev–Trinajstić information content (AvgIpc) is 2.32. The molecule has 0 unspecified atom stereocenters. The van der Waals surface area contributed by atoms with E-state index < -0.39 is 18.4 Å². The third-order valence-electron chi connectivity index (χ3n) is 1.91. The quantitative estimate of drug-likeness (QED) is 0.515. The number of benzene rings is 1. The molecule has 0 bridgehead atoms. The van der Waals surface area contributed by atoms with Crippen molar-refractivity contribution in [1.82, 2.24) is 0 Å². The Morgan fingerprint density at radius 3 is 2.21 bits per heavy atom. The molecule has 0 aliphatic carbocycles. The molecular formula is C13H16Cl2O4. The van der Waals surface area contributed by atoms with E-state index in [9.17, 15) is 9.59 Å². The van der Waals surface area contributed by atoms with Crippen LogP contribution in [0.15, 0.2) is 18.2 Å². The number of ether oxygens (including phenoxy) is 1. The summed E-state index contributed by atoms with van der Waals surface area (Å²) in [5.41, 5.74) is 0. The second-order valence-corrected chi connectivity index (χ2v) is 4.46. The summed E-state index contributed by atoms with van der Waals surface area (Å²) in [6, 6.07) is 4.27. The number of hydrogen-bond acceptors (Lipinski definition) is 3. The van der Waals surface area contributed by atoms with Crippen molar-refractivity contribution >= 4 is 35.1 Å². The highest BCUT2D eigenvalue weighted by Gasteiger charge is 2.12. The lowest BCUT2D eigenvalue weighted by molar-refractivity contribution is -0.145. The van der Waals surface area contributed by atoms with Crippen LogP contribution in [0.5, 0.6) is 5.75 Å². The van der Waals surface area contributed by atoms with Crippen molar-refractivity contribution in [2.75, 3.05) is 0 Å². The van der Waals surface area contributed by atoms with Crippen molar-refractivity contribution in [3.63, 3.8) is 0 Å². The van der Waals surface area contributed by atoms with Crippen molar-refractivity contribution in [2.45, 2.75) is 33.1 Å². The predicted molar refractivity (Wildman–Crippen MR) is 74.9 cm³/mol. The lowest BCUT2D eigenvalue weighted by atomic mass is 10.3. The topological polar surface area (TPSA) is 63.6 Å². The van der Waals surface area contributed by atoms with Crippen LogP contribution in [0.2, 0.25) is 10.0 Å². The maximum Gasteiger partial charge on any atom is 0.322 e. The van der Waals surface area contributed by atoms with Gasteiger partial charge in [0.25, 0.3) is 0 Å². The molecule has 0 heterocycles. The normalized spacial score (nSPS) is 9.26. The first-order valence-electron chi connectivity index (χ1n) is 5.78. The summed E-state index contributed by atoms with van der Waals surface area (Å²) in [5.74, 6) is -2.05. The first-order valence-corrected chi connectivity index (χ1v) is 6.53. The maximum atomic E-state index is 11.0. The first-order chi connectivity index (χ1) is 8.90. The van der Waals surface area contributed by atoms with E-state index in [1.54, 1.807) is 0 Å². The number of carbonyl (C=O) groups is 2. The molecule has 0 aliphatic rings. The molecule has 6 heteroatoms. The number of carbonyl (C=O) groups excluding carboxylic acids is 1. The van der Waals surface area contributed by atoms with Crippen LogP contribution in [-0.4, -0.2) is 17.0 Å². The van der Waals surface area contributed by atoms with Gasteiger partial charge in [0.15, 0.2) is 0 Å². The van der Waals surface area contributed by atoms with Gasteiger partial charge in [-0.1, -0.05) is 49.9 Å². The molecule has 0 fully saturated rings. The molecule has 1 aromatic carbocycles. The molecule has 0 saturated heterocycles. The van der Waals surface area contributed by atoms with Crippen molar-refractivity contribution in [2.24, 2.45) is 0 Å². The fraction of sp³-hybridized carbons (Fsp3) is 0.385. The molecule has 1 aromatic rings. The molecular weight excluding hydrogens is 291 g/mol. The number of esters is 1. The molecule has 0 aromatic heterocycles. The summed E-state index contributed by atoms with van der Waals surface area (Å²) in [6.07, 6.45) is 1.93. The highest BCUT2D eigenvalue weighted by molar-refractivity contribution is 6.35. The van der Waals surface area contributed by atoms with E-state index in [1.807, 2.05) is 0 Å². The second-order valence-electron chi connectivity index (χ2n) is 3.62. The van der Waals surface area contributed by atoms with Gasteiger partial charge in [-0.05, 0) is 18.2 Å². The van der Waals surface area contributed by atoms with E-state index >= 15 is 0 Å². The molecule has 0 saturated carbocycles. The number of unbranched alkanes of at least 4 members (excludes halogenated alkanes) is 1. The minimum atomic E-state index is -1.26. The Kier molecular flexibility index (Phi) is 9.00. The zero-order valence-electron chi connectivity index (χ0n) is 10.8. The molecule has 0 spiro atoms. The smallest absolute Gasteiger partial charge is 0.322 e. The Labute approximate surface area is 122 Å². The molecule has 1 rings (SSSR count). The number of rotatable bonds is 4. The van der Waals surface area contributed by atoms with Gasteiger partial charge in [-0.3, -0.25) is 9.59 Å². The third kappa shape index (κ3) is 8.46. The second kappa shape index (κ2) is 9.64. The fourth-order valence-corrected chi connectivity index (χ4v) is 1.29. The van der Waals surface area contributed by atoms with Gasteiger partial charge < -0.3 is 9.84 Å². The predicted octanol–water partition coefficient (Wildman–Crippen LogP) is 4.18. The lowest BCUT2D eigenvalue weighted by Gasteiger charge is -2.04. The van der Waals surface area contributed by atoms with Gasteiger partial charge >= 0.3 is 11.9 Å². The van der Waals surface area contributed by atoms with Crippen LogP contribution in [0.4, 0.5) is 0 Å².